The zero-order valence-corrected chi connectivity index (χ0v) is 18.6. The van der Waals surface area contributed by atoms with Gasteiger partial charge < -0.3 is 19.3 Å². The van der Waals surface area contributed by atoms with Gasteiger partial charge in [0.2, 0.25) is 0 Å². The summed E-state index contributed by atoms with van der Waals surface area (Å²) in [5, 5.41) is 19.9. The van der Waals surface area contributed by atoms with Crippen molar-refractivity contribution in [2.45, 2.75) is 44.3 Å². The van der Waals surface area contributed by atoms with Crippen LogP contribution in [0, 0.1) is 11.8 Å². The number of carbonyl (C=O) groups excluding carboxylic acids is 1. The molecule has 2 aliphatic carbocycles. The SMILES string of the molecule is CN(c1ccc(-c2cc3oc(C(=O)N4CCC4)cc3cc2O)nn1)[C@@H]1C[C@H]2CC[C@H](C2)[C@@H]1F. The zero-order chi connectivity index (χ0) is 22.7. The van der Waals surface area contributed by atoms with E-state index < -0.39 is 6.17 Å². The minimum atomic E-state index is -0.839. The number of furan rings is 1. The second-order valence-electron chi connectivity index (χ2n) is 9.74. The molecule has 3 fully saturated rings. The van der Waals surface area contributed by atoms with Crippen molar-refractivity contribution in [1.29, 1.82) is 0 Å². The Morgan fingerprint density at radius 1 is 1.18 bits per heavy atom. The standard InChI is InChI=1S/C25H27FN4O3/c1-29(19-10-14-3-4-15(9-14)24(19)26)23-6-5-18(27-28-23)17-13-21-16(11-20(17)31)12-22(33-21)25(32)30-7-2-8-30/h5-6,11-15,19,24,31H,2-4,7-10H2,1H3/t14-,15+,19+,24-/m0/s1. The molecule has 0 unspecified atom stereocenters. The van der Waals surface area contributed by atoms with E-state index >= 15 is 0 Å². The van der Waals surface area contributed by atoms with Crippen molar-refractivity contribution in [2.75, 3.05) is 25.0 Å². The molecule has 1 aliphatic heterocycles. The first kappa shape index (κ1) is 20.4. The fourth-order valence-corrected chi connectivity index (χ4v) is 5.66. The number of benzene rings is 1. The van der Waals surface area contributed by atoms with Crippen LogP contribution in [0.5, 0.6) is 5.75 Å². The van der Waals surface area contributed by atoms with E-state index in [1.54, 1.807) is 29.2 Å². The van der Waals surface area contributed by atoms with Crippen LogP contribution in [-0.2, 0) is 0 Å². The van der Waals surface area contributed by atoms with Crippen LogP contribution in [0.3, 0.4) is 0 Å². The molecule has 2 aromatic heterocycles. The Labute approximate surface area is 191 Å². The molecule has 1 saturated heterocycles. The van der Waals surface area contributed by atoms with Gasteiger partial charge in [0, 0.05) is 31.1 Å². The summed E-state index contributed by atoms with van der Waals surface area (Å²) < 4.78 is 20.8. The van der Waals surface area contributed by atoms with Gasteiger partial charge >= 0.3 is 0 Å². The number of alkyl halides is 1. The second-order valence-corrected chi connectivity index (χ2v) is 9.74. The van der Waals surface area contributed by atoms with Crippen molar-refractivity contribution in [3.63, 3.8) is 0 Å². The molecule has 4 atom stereocenters. The third-order valence-electron chi connectivity index (χ3n) is 7.75. The van der Waals surface area contributed by atoms with Gasteiger partial charge in [-0.1, -0.05) is 0 Å². The van der Waals surface area contributed by atoms with Crippen LogP contribution < -0.4 is 4.90 Å². The number of likely N-dealkylation sites (tertiary alicyclic amines) is 1. The Balaban J connectivity index is 1.25. The van der Waals surface area contributed by atoms with Gasteiger partial charge in [-0.25, -0.2) is 4.39 Å². The third kappa shape index (κ3) is 3.43. The van der Waals surface area contributed by atoms with Crippen LogP contribution in [0.2, 0.25) is 0 Å². The molecular weight excluding hydrogens is 423 g/mol. The predicted molar refractivity (Wildman–Crippen MR) is 122 cm³/mol. The Morgan fingerprint density at radius 3 is 2.76 bits per heavy atom. The van der Waals surface area contributed by atoms with Gasteiger partial charge in [-0.15, -0.1) is 10.2 Å². The lowest BCUT2D eigenvalue weighted by molar-refractivity contribution is 0.0621. The highest BCUT2D eigenvalue weighted by atomic mass is 19.1. The first-order chi connectivity index (χ1) is 16.0. The maximum Gasteiger partial charge on any atom is 0.289 e. The highest BCUT2D eigenvalue weighted by Crippen LogP contribution is 2.45. The van der Waals surface area contributed by atoms with Crippen LogP contribution in [0.4, 0.5) is 10.2 Å². The maximum atomic E-state index is 15.0. The first-order valence-corrected chi connectivity index (χ1v) is 11.7. The van der Waals surface area contributed by atoms with Gasteiger partial charge in [0.05, 0.1) is 11.7 Å². The summed E-state index contributed by atoms with van der Waals surface area (Å²) in [5.41, 5.74) is 1.47. The van der Waals surface area contributed by atoms with Crippen LogP contribution in [-0.4, -0.2) is 58.5 Å². The number of phenolic OH excluding ortho intramolecular Hbond substituents is 1. The molecule has 2 saturated carbocycles. The molecular formula is C25H27FN4O3. The molecule has 33 heavy (non-hydrogen) atoms. The molecule has 3 heterocycles. The normalized spacial score (nSPS) is 26.4. The second kappa shape index (κ2) is 7.71. The molecule has 1 N–H and O–H groups in total. The number of rotatable bonds is 4. The van der Waals surface area contributed by atoms with Crippen molar-refractivity contribution in [3.05, 3.63) is 36.1 Å². The maximum absolute atomic E-state index is 15.0. The van der Waals surface area contributed by atoms with E-state index in [1.807, 2.05) is 18.0 Å². The van der Waals surface area contributed by atoms with Gasteiger partial charge in [0.1, 0.15) is 17.5 Å². The molecule has 0 radical (unpaired) electrons. The quantitative estimate of drug-likeness (QED) is 0.634. The van der Waals surface area contributed by atoms with E-state index in [9.17, 15) is 14.3 Å². The van der Waals surface area contributed by atoms with E-state index in [1.165, 1.54) is 0 Å². The summed E-state index contributed by atoms with van der Waals surface area (Å²) in [4.78, 5) is 16.1. The molecule has 3 aromatic rings. The predicted octanol–water partition coefficient (Wildman–Crippen LogP) is 4.40. The summed E-state index contributed by atoms with van der Waals surface area (Å²) in [6.45, 7) is 1.49. The Morgan fingerprint density at radius 2 is 2.03 bits per heavy atom. The number of aromatic nitrogens is 2. The topological polar surface area (TPSA) is 82.7 Å². The average molecular weight is 451 g/mol. The average Bonchev–Trinajstić information content (AvgIpc) is 3.38. The molecule has 8 heteroatoms. The van der Waals surface area contributed by atoms with Crippen molar-refractivity contribution in [2.24, 2.45) is 11.8 Å². The Hall–Kier alpha value is -3.16. The number of aromatic hydroxyl groups is 1. The van der Waals surface area contributed by atoms with E-state index in [4.69, 9.17) is 4.42 Å². The monoisotopic (exact) mass is 450 g/mol. The number of hydrogen-bond donors (Lipinski definition) is 1. The van der Waals surface area contributed by atoms with Crippen LogP contribution in [0.25, 0.3) is 22.2 Å². The number of carbonyl (C=O) groups is 1. The Bertz CT molecular complexity index is 1210. The number of halogens is 1. The van der Waals surface area contributed by atoms with Crippen LogP contribution in [0.1, 0.15) is 42.7 Å². The van der Waals surface area contributed by atoms with Crippen molar-refractivity contribution < 1.29 is 18.7 Å². The lowest BCUT2D eigenvalue weighted by atomic mass is 9.83. The van der Waals surface area contributed by atoms with Crippen LogP contribution in [0.15, 0.2) is 34.7 Å². The molecule has 3 aliphatic rings. The van der Waals surface area contributed by atoms with Gasteiger partial charge in [-0.2, -0.15) is 0 Å². The number of hydrogen-bond acceptors (Lipinski definition) is 6. The molecule has 1 amide bonds. The number of anilines is 1. The molecule has 0 spiro atoms. The minimum Gasteiger partial charge on any atom is -0.507 e. The zero-order valence-electron chi connectivity index (χ0n) is 18.6. The highest BCUT2D eigenvalue weighted by molar-refractivity contribution is 5.97. The lowest BCUT2D eigenvalue weighted by Gasteiger charge is -2.38. The fraction of sp³-hybridized carbons (Fsp3) is 0.480. The van der Waals surface area contributed by atoms with Crippen molar-refractivity contribution >= 4 is 22.7 Å². The van der Waals surface area contributed by atoms with E-state index in [-0.39, 0.29) is 29.4 Å². The Kier molecular flexibility index (Phi) is 4.78. The molecule has 7 nitrogen and oxygen atoms in total. The summed E-state index contributed by atoms with van der Waals surface area (Å²) in [5.74, 6) is 1.57. The van der Waals surface area contributed by atoms with E-state index in [0.29, 0.717) is 34.0 Å². The molecule has 172 valence electrons. The van der Waals surface area contributed by atoms with E-state index in [2.05, 4.69) is 10.2 Å². The minimum absolute atomic E-state index is 0.0364. The van der Waals surface area contributed by atoms with Crippen molar-refractivity contribution in [1.82, 2.24) is 15.1 Å². The highest BCUT2D eigenvalue weighted by Gasteiger charge is 2.44. The summed E-state index contributed by atoms with van der Waals surface area (Å²) in [6, 6.07) is 8.34. The third-order valence-corrected chi connectivity index (χ3v) is 7.75. The van der Waals surface area contributed by atoms with Gasteiger partial charge in [-0.05, 0) is 74.3 Å². The number of phenols is 1. The summed E-state index contributed by atoms with van der Waals surface area (Å²) in [7, 11) is 1.88. The van der Waals surface area contributed by atoms with Gasteiger partial charge in [0.25, 0.3) is 5.91 Å². The molecule has 2 bridgehead atoms. The number of nitrogens with zero attached hydrogens (tertiary/aromatic N) is 4. The number of amides is 1. The number of fused-ring (bicyclic) bond motifs is 3. The molecule has 1 aromatic carbocycles. The smallest absolute Gasteiger partial charge is 0.289 e. The summed E-state index contributed by atoms with van der Waals surface area (Å²) in [6.07, 6.45) is 4.14. The fourth-order valence-electron chi connectivity index (χ4n) is 5.66. The van der Waals surface area contributed by atoms with Crippen molar-refractivity contribution in [3.8, 4) is 17.0 Å². The van der Waals surface area contributed by atoms with Gasteiger partial charge in [-0.3, -0.25) is 4.79 Å². The summed E-state index contributed by atoms with van der Waals surface area (Å²) >= 11 is 0. The first-order valence-electron chi connectivity index (χ1n) is 11.7. The van der Waals surface area contributed by atoms with Crippen LogP contribution >= 0.6 is 0 Å². The largest absolute Gasteiger partial charge is 0.507 e. The lowest BCUT2D eigenvalue weighted by Crippen LogP contribution is -2.46. The molecule has 6 rings (SSSR count). The van der Waals surface area contributed by atoms with Gasteiger partial charge in [0.15, 0.2) is 11.6 Å². The van der Waals surface area contributed by atoms with E-state index in [0.717, 1.165) is 45.2 Å².